The van der Waals surface area contributed by atoms with Crippen LogP contribution in [-0.4, -0.2) is 36.6 Å². The molecule has 5 nitrogen and oxygen atoms in total. The van der Waals surface area contributed by atoms with Crippen molar-refractivity contribution in [1.29, 1.82) is 0 Å². The van der Waals surface area contributed by atoms with E-state index >= 15 is 0 Å². The number of ether oxygens (including phenoxy) is 1. The zero-order valence-corrected chi connectivity index (χ0v) is 15.7. The van der Waals surface area contributed by atoms with Crippen LogP contribution >= 0.6 is 11.6 Å². The van der Waals surface area contributed by atoms with Crippen molar-refractivity contribution in [3.63, 3.8) is 0 Å². The number of nitrogens with one attached hydrogen (secondary N) is 1. The van der Waals surface area contributed by atoms with Gasteiger partial charge in [0.2, 0.25) is 0 Å². The molecular formula is C19H27ClN2O3. The van der Waals surface area contributed by atoms with E-state index in [1.165, 1.54) is 13.5 Å². The average Bonchev–Trinajstić information content (AvgIpc) is 2.62. The average molecular weight is 367 g/mol. The first-order chi connectivity index (χ1) is 12.0. The third-order valence-electron chi connectivity index (χ3n) is 4.64. The lowest BCUT2D eigenvalue weighted by Crippen LogP contribution is -2.47. The molecule has 1 aliphatic carbocycles. The minimum Gasteiger partial charge on any atom is -0.469 e. The Morgan fingerprint density at radius 3 is 2.60 bits per heavy atom. The summed E-state index contributed by atoms with van der Waals surface area (Å²) in [5.74, 6) is -0.723. The van der Waals surface area contributed by atoms with Crippen molar-refractivity contribution in [2.45, 2.75) is 51.6 Å². The fourth-order valence-electron chi connectivity index (χ4n) is 3.17. The molecule has 1 fully saturated rings. The Balaban J connectivity index is 2.08. The number of amides is 2. The maximum Gasteiger partial charge on any atom is 0.317 e. The van der Waals surface area contributed by atoms with Crippen molar-refractivity contribution in [3.05, 3.63) is 34.9 Å². The van der Waals surface area contributed by atoms with Crippen molar-refractivity contribution in [2.75, 3.05) is 13.7 Å². The summed E-state index contributed by atoms with van der Waals surface area (Å²) in [7, 11) is 1.36. The lowest BCUT2D eigenvalue weighted by Gasteiger charge is -2.30. The van der Waals surface area contributed by atoms with E-state index in [4.69, 9.17) is 16.3 Å². The molecule has 25 heavy (non-hydrogen) atoms. The van der Waals surface area contributed by atoms with Gasteiger partial charge in [0.05, 0.1) is 13.0 Å². The van der Waals surface area contributed by atoms with Gasteiger partial charge in [0.1, 0.15) is 0 Å². The van der Waals surface area contributed by atoms with Gasteiger partial charge >= 0.3 is 12.0 Å². The molecule has 0 spiro atoms. The van der Waals surface area contributed by atoms with Gasteiger partial charge in [-0.05, 0) is 24.5 Å². The summed E-state index contributed by atoms with van der Waals surface area (Å²) in [4.78, 5) is 26.2. The fourth-order valence-corrected chi connectivity index (χ4v) is 3.37. The Bertz CT molecular complexity index is 588. The van der Waals surface area contributed by atoms with E-state index in [0.717, 1.165) is 31.2 Å². The van der Waals surface area contributed by atoms with E-state index in [0.29, 0.717) is 11.6 Å². The molecule has 1 saturated carbocycles. The van der Waals surface area contributed by atoms with E-state index in [1.807, 2.05) is 18.2 Å². The second kappa shape index (κ2) is 9.66. The molecule has 1 atom stereocenters. The van der Waals surface area contributed by atoms with Crippen LogP contribution in [0, 0.1) is 5.92 Å². The van der Waals surface area contributed by atoms with Crippen molar-refractivity contribution in [1.82, 2.24) is 10.2 Å². The van der Waals surface area contributed by atoms with Crippen LogP contribution in [0.5, 0.6) is 0 Å². The van der Waals surface area contributed by atoms with Gasteiger partial charge < -0.3 is 15.0 Å². The van der Waals surface area contributed by atoms with E-state index < -0.39 is 5.92 Å². The first-order valence-electron chi connectivity index (χ1n) is 8.88. The van der Waals surface area contributed by atoms with Gasteiger partial charge in [0.15, 0.2) is 0 Å². The van der Waals surface area contributed by atoms with Crippen molar-refractivity contribution in [3.8, 4) is 0 Å². The molecule has 1 aromatic carbocycles. The van der Waals surface area contributed by atoms with Crippen LogP contribution in [0.4, 0.5) is 4.79 Å². The van der Waals surface area contributed by atoms with E-state index in [1.54, 1.807) is 17.9 Å². The lowest BCUT2D eigenvalue weighted by atomic mass is 9.96. The number of urea groups is 1. The van der Waals surface area contributed by atoms with Crippen LogP contribution in [0.25, 0.3) is 0 Å². The summed E-state index contributed by atoms with van der Waals surface area (Å²) in [6.07, 6.45) is 5.55. The summed E-state index contributed by atoms with van der Waals surface area (Å²) in [6.45, 7) is 2.41. The molecule has 0 aliphatic heterocycles. The van der Waals surface area contributed by atoms with Gasteiger partial charge in [-0.2, -0.15) is 0 Å². The Morgan fingerprint density at radius 2 is 1.96 bits per heavy atom. The first kappa shape index (κ1) is 19.6. The van der Waals surface area contributed by atoms with Gasteiger partial charge in [-0.3, -0.25) is 4.79 Å². The van der Waals surface area contributed by atoms with Crippen molar-refractivity contribution >= 4 is 23.6 Å². The van der Waals surface area contributed by atoms with Crippen molar-refractivity contribution in [2.24, 2.45) is 5.92 Å². The molecular weight excluding hydrogens is 340 g/mol. The number of carbonyl (C=O) groups excluding carboxylic acids is 2. The Hall–Kier alpha value is -1.75. The first-order valence-corrected chi connectivity index (χ1v) is 9.25. The van der Waals surface area contributed by atoms with Crippen LogP contribution in [0.15, 0.2) is 24.3 Å². The lowest BCUT2D eigenvalue weighted by molar-refractivity contribution is -0.145. The van der Waals surface area contributed by atoms with E-state index in [-0.39, 0.29) is 24.6 Å². The molecule has 0 radical (unpaired) electrons. The maximum atomic E-state index is 12.8. The molecule has 138 valence electrons. The Morgan fingerprint density at radius 1 is 1.28 bits per heavy atom. The van der Waals surface area contributed by atoms with E-state index in [2.05, 4.69) is 5.32 Å². The zero-order valence-electron chi connectivity index (χ0n) is 15.0. The summed E-state index contributed by atoms with van der Waals surface area (Å²) in [5.41, 5.74) is 0.861. The number of methoxy groups -OCH3 is 1. The van der Waals surface area contributed by atoms with Gasteiger partial charge in [-0.15, -0.1) is 0 Å². The fraction of sp³-hybridized carbons (Fsp3) is 0.579. The van der Waals surface area contributed by atoms with Crippen LogP contribution in [0.1, 0.15) is 44.6 Å². The molecule has 6 heteroatoms. The molecule has 0 saturated heterocycles. The van der Waals surface area contributed by atoms with Gasteiger partial charge in [-0.25, -0.2) is 4.79 Å². The highest BCUT2D eigenvalue weighted by atomic mass is 35.5. The van der Waals surface area contributed by atoms with Crippen LogP contribution in [-0.2, 0) is 16.1 Å². The molecule has 0 aromatic heterocycles. The van der Waals surface area contributed by atoms with Crippen LogP contribution in [0.2, 0.25) is 5.02 Å². The third-order valence-corrected chi connectivity index (χ3v) is 5.01. The molecule has 2 rings (SSSR count). The second-order valence-electron chi connectivity index (χ2n) is 6.68. The number of carbonyl (C=O) groups is 2. The Labute approximate surface area is 154 Å². The SMILES string of the molecule is COC(=O)C(C)CN(Cc1ccccc1Cl)C(=O)NC1CCCCC1. The number of esters is 1. The maximum absolute atomic E-state index is 12.8. The smallest absolute Gasteiger partial charge is 0.317 e. The monoisotopic (exact) mass is 366 g/mol. The third kappa shape index (κ3) is 5.92. The highest BCUT2D eigenvalue weighted by molar-refractivity contribution is 6.31. The topological polar surface area (TPSA) is 58.6 Å². The van der Waals surface area contributed by atoms with Gasteiger partial charge in [0.25, 0.3) is 0 Å². The number of nitrogens with zero attached hydrogens (tertiary/aromatic N) is 1. The summed E-state index contributed by atoms with van der Waals surface area (Å²) in [5, 5.41) is 3.73. The molecule has 0 bridgehead atoms. The molecule has 1 aliphatic rings. The van der Waals surface area contributed by atoms with Crippen LogP contribution in [0.3, 0.4) is 0 Å². The minimum atomic E-state index is -0.399. The predicted molar refractivity (Wildman–Crippen MR) is 98.4 cm³/mol. The largest absolute Gasteiger partial charge is 0.469 e. The van der Waals surface area contributed by atoms with Gasteiger partial charge in [-0.1, -0.05) is 56.0 Å². The minimum absolute atomic E-state index is 0.150. The van der Waals surface area contributed by atoms with Crippen molar-refractivity contribution < 1.29 is 14.3 Å². The Kier molecular flexibility index (Phi) is 7.56. The standard InChI is InChI=1S/C19H27ClN2O3/c1-14(18(23)25-2)12-22(13-15-8-6-7-11-17(15)20)19(24)21-16-9-4-3-5-10-16/h6-8,11,14,16H,3-5,9-10,12-13H2,1-2H3,(H,21,24). The number of halogens is 1. The predicted octanol–water partition coefficient (Wildman–Crippen LogP) is 3.99. The van der Waals surface area contributed by atoms with E-state index in [9.17, 15) is 9.59 Å². The molecule has 1 aromatic rings. The highest BCUT2D eigenvalue weighted by Crippen LogP contribution is 2.20. The number of benzene rings is 1. The number of hydrogen-bond acceptors (Lipinski definition) is 3. The number of hydrogen-bond donors (Lipinski definition) is 1. The molecule has 0 heterocycles. The molecule has 2 amide bonds. The van der Waals surface area contributed by atoms with Gasteiger partial charge in [0, 0.05) is 24.2 Å². The summed E-state index contributed by atoms with van der Waals surface area (Å²) >= 11 is 6.24. The zero-order chi connectivity index (χ0) is 18.2. The highest BCUT2D eigenvalue weighted by Gasteiger charge is 2.24. The number of rotatable bonds is 6. The summed E-state index contributed by atoms with van der Waals surface area (Å²) in [6, 6.07) is 7.51. The summed E-state index contributed by atoms with van der Waals surface area (Å²) < 4.78 is 4.79. The molecule has 1 N–H and O–H groups in total. The van der Waals surface area contributed by atoms with Crippen LogP contribution < -0.4 is 5.32 Å². The normalized spacial score (nSPS) is 16.1. The second-order valence-corrected chi connectivity index (χ2v) is 7.09. The quantitative estimate of drug-likeness (QED) is 0.774. The molecule has 1 unspecified atom stereocenters.